The van der Waals surface area contributed by atoms with Crippen LogP contribution in [0.3, 0.4) is 0 Å². The molecule has 0 radical (unpaired) electrons. The summed E-state index contributed by atoms with van der Waals surface area (Å²) in [5, 5.41) is 9.19. The molecule has 1 saturated carbocycles. The Kier molecular flexibility index (Phi) is 4.25. The molecule has 20 heavy (non-hydrogen) atoms. The summed E-state index contributed by atoms with van der Waals surface area (Å²) in [7, 11) is 0. The number of carbonyl (C=O) groups is 2. The van der Waals surface area contributed by atoms with Crippen LogP contribution >= 0.6 is 0 Å². The van der Waals surface area contributed by atoms with Gasteiger partial charge in [0.25, 0.3) is 0 Å². The molecule has 5 heteroatoms. The second-order valence-electron chi connectivity index (χ2n) is 7.00. The van der Waals surface area contributed by atoms with Gasteiger partial charge in [0.1, 0.15) is 5.60 Å². The van der Waals surface area contributed by atoms with Gasteiger partial charge in [-0.15, -0.1) is 0 Å². The first-order chi connectivity index (χ1) is 9.28. The van der Waals surface area contributed by atoms with E-state index in [4.69, 9.17) is 4.74 Å². The van der Waals surface area contributed by atoms with Gasteiger partial charge in [0, 0.05) is 12.6 Å². The molecular formula is C15H25NO4. The molecule has 0 spiro atoms. The number of amides is 1. The van der Waals surface area contributed by atoms with Crippen LogP contribution in [0, 0.1) is 11.8 Å². The summed E-state index contributed by atoms with van der Waals surface area (Å²) in [6.07, 6.45) is 4.58. The van der Waals surface area contributed by atoms with Crippen molar-refractivity contribution < 1.29 is 19.4 Å². The van der Waals surface area contributed by atoms with Gasteiger partial charge in [0.05, 0.1) is 5.92 Å². The lowest BCUT2D eigenvalue weighted by molar-refractivity contribution is -0.144. The van der Waals surface area contributed by atoms with E-state index in [0.717, 1.165) is 19.3 Å². The third-order valence-electron chi connectivity index (χ3n) is 4.30. The van der Waals surface area contributed by atoms with Gasteiger partial charge in [-0.3, -0.25) is 4.79 Å². The van der Waals surface area contributed by atoms with Crippen molar-refractivity contribution in [1.29, 1.82) is 0 Å². The Labute approximate surface area is 120 Å². The van der Waals surface area contributed by atoms with Crippen LogP contribution in [0.2, 0.25) is 0 Å². The Balaban J connectivity index is 2.08. The molecule has 1 heterocycles. The van der Waals surface area contributed by atoms with E-state index in [1.165, 1.54) is 6.42 Å². The molecule has 0 bridgehead atoms. The number of hydrogen-bond donors (Lipinski definition) is 1. The van der Waals surface area contributed by atoms with Gasteiger partial charge in [-0.1, -0.05) is 6.42 Å². The lowest BCUT2D eigenvalue weighted by Gasteiger charge is -2.45. The third kappa shape index (κ3) is 3.44. The molecular weight excluding hydrogens is 258 g/mol. The minimum atomic E-state index is -0.814. The normalized spacial score (nSPS) is 27.9. The summed E-state index contributed by atoms with van der Waals surface area (Å²) in [6, 6.07) is 0.161. The monoisotopic (exact) mass is 283 g/mol. The molecule has 0 unspecified atom stereocenters. The highest BCUT2D eigenvalue weighted by Crippen LogP contribution is 2.38. The van der Waals surface area contributed by atoms with Crippen molar-refractivity contribution in [3.8, 4) is 0 Å². The second-order valence-corrected chi connectivity index (χ2v) is 7.00. The molecule has 2 atom stereocenters. The van der Waals surface area contributed by atoms with E-state index < -0.39 is 17.5 Å². The highest BCUT2D eigenvalue weighted by molar-refractivity contribution is 5.73. The molecule has 1 N–H and O–H groups in total. The molecule has 2 rings (SSSR count). The molecule has 1 aliphatic carbocycles. The SMILES string of the molecule is CC(C)(C)OC(=O)N1C[C@H](C(=O)O)CC[C@H]1C1CCC1. The largest absolute Gasteiger partial charge is 0.481 e. The Bertz CT molecular complexity index is 384. The number of carboxylic acid groups (broad SMARTS) is 1. The van der Waals surface area contributed by atoms with E-state index in [1.54, 1.807) is 4.90 Å². The molecule has 0 aromatic carbocycles. The summed E-state index contributed by atoms with van der Waals surface area (Å²) >= 11 is 0. The zero-order valence-electron chi connectivity index (χ0n) is 12.6. The Morgan fingerprint density at radius 1 is 1.15 bits per heavy atom. The fraction of sp³-hybridized carbons (Fsp3) is 0.867. The Morgan fingerprint density at radius 3 is 2.25 bits per heavy atom. The summed E-state index contributed by atoms with van der Waals surface area (Å²) in [5.41, 5.74) is -0.544. The maximum absolute atomic E-state index is 12.3. The molecule has 5 nitrogen and oxygen atoms in total. The van der Waals surface area contributed by atoms with E-state index in [9.17, 15) is 14.7 Å². The van der Waals surface area contributed by atoms with E-state index in [2.05, 4.69) is 0 Å². The number of piperidine rings is 1. The Hall–Kier alpha value is -1.26. The van der Waals surface area contributed by atoms with Crippen LogP contribution in [-0.2, 0) is 9.53 Å². The van der Waals surface area contributed by atoms with Crippen molar-refractivity contribution in [1.82, 2.24) is 4.90 Å². The molecule has 0 aromatic heterocycles. The lowest BCUT2D eigenvalue weighted by atomic mass is 9.75. The van der Waals surface area contributed by atoms with Gasteiger partial charge in [0.2, 0.25) is 0 Å². The molecule has 2 fully saturated rings. The van der Waals surface area contributed by atoms with Crippen LogP contribution in [0.1, 0.15) is 52.9 Å². The van der Waals surface area contributed by atoms with E-state index in [1.807, 2.05) is 20.8 Å². The fourth-order valence-corrected chi connectivity index (χ4v) is 3.04. The van der Waals surface area contributed by atoms with Gasteiger partial charge in [-0.2, -0.15) is 0 Å². The number of ether oxygens (including phenoxy) is 1. The first-order valence-corrected chi connectivity index (χ1v) is 7.50. The molecule has 114 valence electrons. The van der Waals surface area contributed by atoms with Crippen LogP contribution in [0.4, 0.5) is 4.79 Å². The summed E-state index contributed by atoms with van der Waals surface area (Å²) < 4.78 is 5.45. The first kappa shape index (κ1) is 15.1. The zero-order valence-corrected chi connectivity index (χ0v) is 12.6. The first-order valence-electron chi connectivity index (χ1n) is 7.50. The van der Waals surface area contributed by atoms with Crippen molar-refractivity contribution in [2.24, 2.45) is 11.8 Å². The molecule has 1 aliphatic heterocycles. The van der Waals surface area contributed by atoms with E-state index in [-0.39, 0.29) is 18.7 Å². The second kappa shape index (κ2) is 5.62. The molecule has 1 saturated heterocycles. The average Bonchev–Trinajstić information content (AvgIpc) is 2.24. The fourth-order valence-electron chi connectivity index (χ4n) is 3.04. The van der Waals surface area contributed by atoms with Crippen LogP contribution in [-0.4, -0.2) is 40.3 Å². The maximum atomic E-state index is 12.3. The third-order valence-corrected chi connectivity index (χ3v) is 4.30. The summed E-state index contributed by atoms with van der Waals surface area (Å²) in [4.78, 5) is 25.2. The predicted molar refractivity (Wildman–Crippen MR) is 74.4 cm³/mol. The van der Waals surface area contributed by atoms with E-state index >= 15 is 0 Å². The summed E-state index contributed by atoms with van der Waals surface area (Å²) in [5.74, 6) is -0.748. The molecule has 2 aliphatic rings. The van der Waals surface area contributed by atoms with Crippen LogP contribution in [0.25, 0.3) is 0 Å². The molecule has 0 aromatic rings. The van der Waals surface area contributed by atoms with Crippen LogP contribution in [0.15, 0.2) is 0 Å². The minimum absolute atomic E-state index is 0.161. The van der Waals surface area contributed by atoms with Crippen LogP contribution < -0.4 is 0 Å². The van der Waals surface area contributed by atoms with E-state index in [0.29, 0.717) is 12.3 Å². The number of rotatable bonds is 2. The number of carbonyl (C=O) groups excluding carboxylic acids is 1. The van der Waals surface area contributed by atoms with Gasteiger partial charge < -0.3 is 14.7 Å². The number of aliphatic carboxylic acids is 1. The van der Waals surface area contributed by atoms with Gasteiger partial charge >= 0.3 is 12.1 Å². The quantitative estimate of drug-likeness (QED) is 0.846. The number of nitrogens with zero attached hydrogens (tertiary/aromatic N) is 1. The molecule has 1 amide bonds. The highest BCUT2D eigenvalue weighted by atomic mass is 16.6. The smallest absolute Gasteiger partial charge is 0.410 e. The van der Waals surface area contributed by atoms with Crippen molar-refractivity contribution in [3.05, 3.63) is 0 Å². The van der Waals surface area contributed by atoms with Crippen LogP contribution in [0.5, 0.6) is 0 Å². The Morgan fingerprint density at radius 2 is 1.80 bits per heavy atom. The zero-order chi connectivity index (χ0) is 14.9. The van der Waals surface area contributed by atoms with Crippen molar-refractivity contribution in [2.75, 3.05) is 6.54 Å². The topological polar surface area (TPSA) is 66.8 Å². The van der Waals surface area contributed by atoms with Crippen molar-refractivity contribution in [3.63, 3.8) is 0 Å². The lowest BCUT2D eigenvalue weighted by Crippen LogP contribution is -2.54. The van der Waals surface area contributed by atoms with Crippen molar-refractivity contribution in [2.45, 2.75) is 64.5 Å². The predicted octanol–water partition coefficient (Wildman–Crippen LogP) is 2.89. The van der Waals surface area contributed by atoms with Gasteiger partial charge in [-0.25, -0.2) is 4.79 Å². The standard InChI is InChI=1S/C15H25NO4/c1-15(2,3)20-14(19)16-9-11(13(17)18)7-8-12(16)10-5-4-6-10/h10-12H,4-9H2,1-3H3,(H,17,18)/t11-,12+/m1/s1. The minimum Gasteiger partial charge on any atom is -0.481 e. The number of hydrogen-bond acceptors (Lipinski definition) is 3. The average molecular weight is 283 g/mol. The highest BCUT2D eigenvalue weighted by Gasteiger charge is 2.41. The van der Waals surface area contributed by atoms with Gasteiger partial charge in [-0.05, 0) is 52.4 Å². The maximum Gasteiger partial charge on any atom is 0.410 e. The van der Waals surface area contributed by atoms with Crippen molar-refractivity contribution >= 4 is 12.1 Å². The number of likely N-dealkylation sites (tertiary alicyclic amines) is 1. The van der Waals surface area contributed by atoms with Gasteiger partial charge in [0.15, 0.2) is 0 Å². The number of carboxylic acids is 1. The summed E-state index contributed by atoms with van der Waals surface area (Å²) in [6.45, 7) is 5.79.